The van der Waals surface area contributed by atoms with E-state index >= 15 is 0 Å². The molecule has 1 amide bonds. The van der Waals surface area contributed by atoms with Crippen molar-refractivity contribution >= 4 is 22.1 Å². The highest BCUT2D eigenvalue weighted by Gasteiger charge is 2.22. The molecule has 8 nitrogen and oxygen atoms in total. The van der Waals surface area contributed by atoms with Crippen LogP contribution < -0.4 is 10.2 Å². The number of para-hydroxylation sites is 1. The Kier molecular flexibility index (Phi) is 7.13. The van der Waals surface area contributed by atoms with E-state index in [0.717, 1.165) is 9.87 Å². The molecule has 0 fully saturated rings. The zero-order valence-electron chi connectivity index (χ0n) is 15.9. The normalized spacial score (nSPS) is 11.7. The zero-order valence-corrected chi connectivity index (χ0v) is 16.7. The first-order valence-corrected chi connectivity index (χ1v) is 9.99. The minimum atomic E-state index is -3.78. The van der Waals surface area contributed by atoms with Crippen LogP contribution in [0.3, 0.4) is 0 Å². The summed E-state index contributed by atoms with van der Waals surface area (Å²) in [5.41, 5.74) is 3.53. The summed E-state index contributed by atoms with van der Waals surface area (Å²) < 4.78 is 31.2. The molecule has 0 saturated carbocycles. The zero-order chi connectivity index (χ0) is 20.7. The molecular weight excluding hydrogens is 382 g/mol. The monoisotopic (exact) mass is 405 g/mol. The highest BCUT2D eigenvalue weighted by Crippen LogP contribution is 2.28. The number of carbonyl (C=O) groups is 1. The van der Waals surface area contributed by atoms with Crippen molar-refractivity contribution in [3.8, 4) is 11.5 Å². The summed E-state index contributed by atoms with van der Waals surface area (Å²) in [6, 6.07) is 11.2. The Morgan fingerprint density at radius 3 is 2.57 bits per heavy atom. The molecule has 2 rings (SSSR count). The van der Waals surface area contributed by atoms with Crippen molar-refractivity contribution in [3.63, 3.8) is 0 Å². The van der Waals surface area contributed by atoms with Crippen LogP contribution in [0, 0.1) is 6.92 Å². The number of amides is 1. The molecule has 150 valence electrons. The van der Waals surface area contributed by atoms with Gasteiger partial charge in [0.15, 0.2) is 11.5 Å². The molecule has 0 aliphatic carbocycles. The quantitative estimate of drug-likeness (QED) is 0.515. The van der Waals surface area contributed by atoms with E-state index in [-0.39, 0.29) is 10.6 Å². The summed E-state index contributed by atoms with van der Waals surface area (Å²) in [5.74, 6) is -0.405. The second kappa shape index (κ2) is 9.34. The molecule has 0 radical (unpaired) electrons. The summed E-state index contributed by atoms with van der Waals surface area (Å²) in [6.45, 7) is 3.64. The Morgan fingerprint density at radius 1 is 1.25 bits per heavy atom. The maximum absolute atomic E-state index is 12.5. The summed E-state index contributed by atoms with van der Waals surface area (Å²) in [6.07, 6.45) is 1.25. The van der Waals surface area contributed by atoms with Gasteiger partial charge in [-0.25, -0.2) is 13.8 Å². The van der Waals surface area contributed by atoms with Crippen LogP contribution >= 0.6 is 0 Å². The first-order valence-electron chi connectivity index (χ1n) is 8.55. The summed E-state index contributed by atoms with van der Waals surface area (Å²) >= 11 is 0. The summed E-state index contributed by atoms with van der Waals surface area (Å²) in [5, 5.41) is 13.8. The van der Waals surface area contributed by atoms with Gasteiger partial charge in [0.25, 0.3) is 5.91 Å². The number of hydrogen-bond acceptors (Lipinski definition) is 6. The predicted octanol–water partition coefficient (Wildman–Crippen LogP) is 1.87. The smallest absolute Gasteiger partial charge is 0.255 e. The van der Waals surface area contributed by atoms with E-state index in [1.165, 1.54) is 25.4 Å². The number of benzene rings is 2. The number of hydrogen-bond donors (Lipinski definition) is 2. The number of aromatic hydroxyl groups is 1. The fourth-order valence-electron chi connectivity index (χ4n) is 2.30. The van der Waals surface area contributed by atoms with E-state index in [4.69, 9.17) is 4.74 Å². The number of aryl methyl sites for hydroxylation is 1. The van der Waals surface area contributed by atoms with Gasteiger partial charge in [0.05, 0.1) is 24.3 Å². The van der Waals surface area contributed by atoms with Gasteiger partial charge in [-0.2, -0.15) is 9.41 Å². The third kappa shape index (κ3) is 5.30. The average molecular weight is 405 g/mol. The lowest BCUT2D eigenvalue weighted by Crippen LogP contribution is -2.36. The average Bonchev–Trinajstić information content (AvgIpc) is 2.65. The number of carbonyl (C=O) groups excluding carboxylic acids is 1. The molecule has 0 unspecified atom stereocenters. The largest absolute Gasteiger partial charge is 0.504 e. The van der Waals surface area contributed by atoms with E-state index in [1.54, 1.807) is 37.3 Å². The Labute approximate surface area is 164 Å². The van der Waals surface area contributed by atoms with E-state index in [9.17, 15) is 18.3 Å². The second-order valence-electron chi connectivity index (χ2n) is 5.99. The van der Waals surface area contributed by atoms with Gasteiger partial charge in [-0.1, -0.05) is 23.8 Å². The molecule has 0 aliphatic rings. The molecule has 2 N–H and O–H groups in total. The minimum Gasteiger partial charge on any atom is -0.504 e. The van der Waals surface area contributed by atoms with E-state index in [0.29, 0.717) is 17.9 Å². The van der Waals surface area contributed by atoms with Crippen molar-refractivity contribution in [1.82, 2.24) is 9.73 Å². The number of ether oxygens (including phenoxy) is 1. The van der Waals surface area contributed by atoms with Crippen molar-refractivity contribution < 1.29 is 23.1 Å². The third-order valence-electron chi connectivity index (χ3n) is 3.82. The van der Waals surface area contributed by atoms with Crippen LogP contribution in [0.15, 0.2) is 52.5 Å². The molecule has 0 bridgehead atoms. The number of likely N-dealkylation sites (N-methyl/N-ethyl adjacent to an activating group) is 1. The SMILES string of the molecule is CCOc1cccc(/C=N\NC(=O)CN(C)S(=O)(=O)c2ccc(C)cc2)c1O. The highest BCUT2D eigenvalue weighted by atomic mass is 32.2. The molecular formula is C19H23N3O5S. The second-order valence-corrected chi connectivity index (χ2v) is 8.04. The number of hydrazone groups is 1. The Hall–Kier alpha value is -2.91. The van der Waals surface area contributed by atoms with E-state index < -0.39 is 22.5 Å². The summed E-state index contributed by atoms with van der Waals surface area (Å²) in [7, 11) is -2.47. The number of phenolic OH excluding ortho intramolecular Hbond substituents is 1. The molecule has 0 saturated heterocycles. The van der Waals surface area contributed by atoms with E-state index in [1.807, 2.05) is 6.92 Å². The Balaban J connectivity index is 1.99. The van der Waals surface area contributed by atoms with Crippen molar-refractivity contribution in [3.05, 3.63) is 53.6 Å². The number of rotatable bonds is 8. The standard InChI is InChI=1S/C19H23N3O5S/c1-4-27-17-7-5-6-15(19(17)24)12-20-21-18(23)13-22(3)28(25,26)16-10-8-14(2)9-11-16/h5-12,24H,4,13H2,1-3H3,(H,21,23)/b20-12-. The Bertz CT molecular complexity index is 956. The molecule has 0 aliphatic heterocycles. The van der Waals surface area contributed by atoms with E-state index in [2.05, 4.69) is 10.5 Å². The van der Waals surface area contributed by atoms with Gasteiger partial charge < -0.3 is 9.84 Å². The molecule has 28 heavy (non-hydrogen) atoms. The van der Waals surface area contributed by atoms with Gasteiger partial charge >= 0.3 is 0 Å². The van der Waals surface area contributed by atoms with Crippen molar-refractivity contribution in [1.29, 1.82) is 0 Å². The first kappa shape index (κ1) is 21.4. The maximum atomic E-state index is 12.5. The summed E-state index contributed by atoms with van der Waals surface area (Å²) in [4.78, 5) is 12.1. The number of sulfonamides is 1. The van der Waals surface area contributed by atoms with Crippen LogP contribution in [0.4, 0.5) is 0 Å². The minimum absolute atomic E-state index is 0.0959. The van der Waals surface area contributed by atoms with Gasteiger partial charge in [0.1, 0.15) is 0 Å². The molecule has 0 heterocycles. The fraction of sp³-hybridized carbons (Fsp3) is 0.263. The molecule has 9 heteroatoms. The Morgan fingerprint density at radius 2 is 1.93 bits per heavy atom. The van der Waals surface area contributed by atoms with Crippen LogP contribution in [-0.4, -0.2) is 50.2 Å². The molecule has 2 aromatic rings. The number of phenols is 1. The van der Waals surface area contributed by atoms with Gasteiger partial charge in [-0.05, 0) is 38.1 Å². The van der Waals surface area contributed by atoms with Crippen molar-refractivity contribution in [2.45, 2.75) is 18.7 Å². The molecule has 0 aromatic heterocycles. The van der Waals surface area contributed by atoms with Gasteiger partial charge in [-0.15, -0.1) is 0 Å². The molecule has 0 atom stereocenters. The first-order chi connectivity index (χ1) is 13.3. The van der Waals surface area contributed by atoms with Gasteiger partial charge in [0.2, 0.25) is 10.0 Å². The number of nitrogens with zero attached hydrogens (tertiary/aromatic N) is 2. The number of nitrogens with one attached hydrogen (secondary N) is 1. The van der Waals surface area contributed by atoms with Crippen LogP contribution in [0.5, 0.6) is 11.5 Å². The lowest BCUT2D eigenvalue weighted by atomic mass is 10.2. The lowest BCUT2D eigenvalue weighted by molar-refractivity contribution is -0.121. The van der Waals surface area contributed by atoms with Crippen molar-refractivity contribution in [2.75, 3.05) is 20.2 Å². The fourth-order valence-corrected chi connectivity index (χ4v) is 3.43. The van der Waals surface area contributed by atoms with Crippen LogP contribution in [0.1, 0.15) is 18.1 Å². The topological polar surface area (TPSA) is 108 Å². The third-order valence-corrected chi connectivity index (χ3v) is 5.64. The van der Waals surface area contributed by atoms with Crippen LogP contribution in [-0.2, 0) is 14.8 Å². The molecule has 0 spiro atoms. The predicted molar refractivity (Wildman–Crippen MR) is 106 cm³/mol. The van der Waals surface area contributed by atoms with Gasteiger partial charge in [-0.3, -0.25) is 4.79 Å². The lowest BCUT2D eigenvalue weighted by Gasteiger charge is -2.16. The molecule has 2 aromatic carbocycles. The van der Waals surface area contributed by atoms with Gasteiger partial charge in [0, 0.05) is 12.6 Å². The van der Waals surface area contributed by atoms with Crippen molar-refractivity contribution in [2.24, 2.45) is 5.10 Å². The van der Waals surface area contributed by atoms with Crippen LogP contribution in [0.2, 0.25) is 0 Å². The highest BCUT2D eigenvalue weighted by molar-refractivity contribution is 7.89. The van der Waals surface area contributed by atoms with Crippen LogP contribution in [0.25, 0.3) is 0 Å². The maximum Gasteiger partial charge on any atom is 0.255 e.